The molecule has 232 valence electrons. The number of carbonyl (C=O) groups excluding carboxylic acids is 1. The number of para-hydroxylation sites is 2. The number of alkyl carbamates (subject to hydrolysis) is 1. The number of H-pyrrole nitrogens is 2. The van der Waals surface area contributed by atoms with Crippen molar-refractivity contribution in [3.63, 3.8) is 0 Å². The van der Waals surface area contributed by atoms with Crippen LogP contribution in [0.5, 0.6) is 5.75 Å². The number of hydrogen-bond donors (Lipinski definition) is 3. The van der Waals surface area contributed by atoms with Gasteiger partial charge in [0.1, 0.15) is 17.2 Å². The number of aromatic nitrogens is 5. The average Bonchev–Trinajstić information content (AvgIpc) is 3.74. The molecule has 6 aromatic rings. The van der Waals surface area contributed by atoms with Gasteiger partial charge in [-0.05, 0) is 74.6 Å². The molecule has 9 heteroatoms. The normalized spacial score (nSPS) is 12.4. The number of benzene rings is 3. The average molecular weight is 605 g/mol. The highest BCUT2D eigenvalue weighted by Crippen LogP contribution is 2.27. The first-order chi connectivity index (χ1) is 21.8. The lowest BCUT2D eigenvalue weighted by atomic mass is 10.0. The van der Waals surface area contributed by atoms with Crippen LogP contribution in [-0.4, -0.2) is 43.5 Å². The van der Waals surface area contributed by atoms with Crippen molar-refractivity contribution >= 4 is 27.9 Å². The summed E-state index contributed by atoms with van der Waals surface area (Å²) in [6.45, 7) is 6.13. The van der Waals surface area contributed by atoms with Gasteiger partial charge >= 0.3 is 6.09 Å². The van der Waals surface area contributed by atoms with Crippen LogP contribution >= 0.6 is 0 Å². The van der Waals surface area contributed by atoms with Gasteiger partial charge in [0.25, 0.3) is 0 Å². The third-order valence-corrected chi connectivity index (χ3v) is 7.98. The molecule has 3 N–H and O–H groups in total. The molecule has 3 aromatic carbocycles. The molecule has 0 unspecified atom stereocenters. The van der Waals surface area contributed by atoms with Crippen molar-refractivity contribution in [1.29, 1.82) is 0 Å². The van der Waals surface area contributed by atoms with Gasteiger partial charge in [-0.2, -0.15) is 0 Å². The summed E-state index contributed by atoms with van der Waals surface area (Å²) >= 11 is 0. The molecule has 3 aromatic heterocycles. The number of hydrogen-bond acceptors (Lipinski definition) is 5. The molecule has 45 heavy (non-hydrogen) atoms. The number of methoxy groups -OCH3 is 1. The van der Waals surface area contributed by atoms with Gasteiger partial charge in [-0.15, -0.1) is 10.2 Å². The van der Waals surface area contributed by atoms with Crippen molar-refractivity contribution < 1.29 is 14.3 Å². The molecule has 0 bridgehead atoms. The van der Waals surface area contributed by atoms with E-state index in [-0.39, 0.29) is 0 Å². The van der Waals surface area contributed by atoms with Crippen molar-refractivity contribution in [2.45, 2.75) is 64.6 Å². The Morgan fingerprint density at radius 3 is 2.18 bits per heavy atom. The van der Waals surface area contributed by atoms with Gasteiger partial charge in [-0.3, -0.25) is 0 Å². The van der Waals surface area contributed by atoms with Crippen LogP contribution in [0.25, 0.3) is 21.8 Å². The fraction of sp³-hybridized carbons (Fsp3) is 0.306. The molecule has 0 aliphatic carbocycles. The molecule has 3 heterocycles. The zero-order valence-corrected chi connectivity index (χ0v) is 26.3. The van der Waals surface area contributed by atoms with E-state index >= 15 is 0 Å². The fourth-order valence-corrected chi connectivity index (χ4v) is 5.83. The van der Waals surface area contributed by atoms with Crippen LogP contribution in [0, 0.1) is 0 Å². The Morgan fingerprint density at radius 2 is 1.51 bits per heavy atom. The molecule has 0 saturated heterocycles. The van der Waals surface area contributed by atoms with E-state index in [0.29, 0.717) is 18.8 Å². The van der Waals surface area contributed by atoms with E-state index in [1.807, 2.05) is 75.5 Å². The number of carbonyl (C=O) groups is 1. The Bertz CT molecular complexity index is 1890. The lowest BCUT2D eigenvalue weighted by molar-refractivity contribution is 0.0500. The summed E-state index contributed by atoms with van der Waals surface area (Å²) in [7, 11) is 1.66. The van der Waals surface area contributed by atoms with E-state index in [2.05, 4.69) is 50.3 Å². The molecule has 9 nitrogen and oxygen atoms in total. The molecule has 0 spiro atoms. The summed E-state index contributed by atoms with van der Waals surface area (Å²) in [6, 6.07) is 24.1. The second-order valence-electron chi connectivity index (χ2n) is 12.4. The van der Waals surface area contributed by atoms with Crippen molar-refractivity contribution in [2.24, 2.45) is 0 Å². The minimum absolute atomic E-state index is 0.479. The SMILES string of the molecule is COc1ccc(Cn2c(CCCc3c[nH]c4ccccc34)nnc2[C@@H](Cc2c[nH]c3ccccc23)NC(=O)OC(C)(C)C)cc1. The summed E-state index contributed by atoms with van der Waals surface area (Å²) in [5, 5.41) is 14.9. The summed E-state index contributed by atoms with van der Waals surface area (Å²) in [5.41, 5.74) is 4.99. The summed E-state index contributed by atoms with van der Waals surface area (Å²) in [5.74, 6) is 2.35. The van der Waals surface area contributed by atoms with E-state index < -0.39 is 17.7 Å². The number of nitrogens with one attached hydrogen (secondary N) is 3. The van der Waals surface area contributed by atoms with Crippen LogP contribution < -0.4 is 10.1 Å². The van der Waals surface area contributed by atoms with Gasteiger partial charge in [0.05, 0.1) is 19.7 Å². The van der Waals surface area contributed by atoms with Gasteiger partial charge in [0.15, 0.2) is 5.82 Å². The molecular weight excluding hydrogens is 564 g/mol. The van der Waals surface area contributed by atoms with Gasteiger partial charge in [-0.1, -0.05) is 48.5 Å². The maximum absolute atomic E-state index is 13.2. The Balaban J connectivity index is 1.33. The molecule has 0 aliphatic rings. The zero-order chi connectivity index (χ0) is 31.4. The zero-order valence-electron chi connectivity index (χ0n) is 26.3. The Morgan fingerprint density at radius 1 is 0.867 bits per heavy atom. The first-order valence-electron chi connectivity index (χ1n) is 15.4. The van der Waals surface area contributed by atoms with Gasteiger partial charge in [0.2, 0.25) is 0 Å². The van der Waals surface area contributed by atoms with Gasteiger partial charge in [-0.25, -0.2) is 4.79 Å². The van der Waals surface area contributed by atoms with Crippen LogP contribution in [0.3, 0.4) is 0 Å². The Labute approximate surface area is 263 Å². The van der Waals surface area contributed by atoms with Crippen molar-refractivity contribution in [1.82, 2.24) is 30.0 Å². The molecule has 0 fully saturated rings. The maximum Gasteiger partial charge on any atom is 0.408 e. The van der Waals surface area contributed by atoms with Gasteiger partial charge in [0, 0.05) is 47.0 Å². The molecule has 6 rings (SSSR count). The van der Waals surface area contributed by atoms with E-state index in [4.69, 9.17) is 19.7 Å². The molecular formula is C36H40N6O3. The summed E-state index contributed by atoms with van der Waals surface area (Å²) in [6.07, 6.45) is 6.65. The number of amides is 1. The second-order valence-corrected chi connectivity index (χ2v) is 12.4. The van der Waals surface area contributed by atoms with Crippen LogP contribution in [-0.2, 0) is 30.5 Å². The van der Waals surface area contributed by atoms with Crippen molar-refractivity contribution in [3.8, 4) is 5.75 Å². The number of aryl methyl sites for hydroxylation is 2. The lowest BCUT2D eigenvalue weighted by Gasteiger charge is -2.24. The molecule has 0 radical (unpaired) electrons. The molecule has 0 saturated carbocycles. The van der Waals surface area contributed by atoms with Crippen LogP contribution in [0.2, 0.25) is 0 Å². The first-order valence-corrected chi connectivity index (χ1v) is 15.4. The third-order valence-electron chi connectivity index (χ3n) is 7.98. The quantitative estimate of drug-likeness (QED) is 0.144. The number of aromatic amines is 2. The largest absolute Gasteiger partial charge is 0.497 e. The topological polar surface area (TPSA) is 110 Å². The summed E-state index contributed by atoms with van der Waals surface area (Å²) in [4.78, 5) is 19.9. The van der Waals surface area contributed by atoms with Crippen LogP contribution in [0.4, 0.5) is 4.79 Å². The highest BCUT2D eigenvalue weighted by Gasteiger charge is 2.27. The number of nitrogens with zero attached hydrogens (tertiary/aromatic N) is 3. The smallest absolute Gasteiger partial charge is 0.408 e. The van der Waals surface area contributed by atoms with E-state index in [0.717, 1.165) is 58.4 Å². The Hall–Kier alpha value is -5.05. The monoisotopic (exact) mass is 604 g/mol. The highest BCUT2D eigenvalue weighted by atomic mass is 16.6. The van der Waals surface area contributed by atoms with Crippen LogP contribution in [0.1, 0.15) is 61.6 Å². The van der Waals surface area contributed by atoms with Crippen LogP contribution in [0.15, 0.2) is 85.2 Å². The summed E-state index contributed by atoms with van der Waals surface area (Å²) < 4.78 is 13.2. The van der Waals surface area contributed by atoms with E-state index in [1.54, 1.807) is 7.11 Å². The molecule has 0 aliphatic heterocycles. The minimum Gasteiger partial charge on any atom is -0.497 e. The predicted octanol–water partition coefficient (Wildman–Crippen LogP) is 7.28. The maximum atomic E-state index is 13.2. The standard InChI is InChI=1S/C36H40N6O3/c1-36(2,3)45-35(43)39-32(20-26-22-38-31-14-8-6-12-29(26)31)34-41-40-33(42(34)23-24-16-18-27(44-4)19-17-24)15-9-10-25-21-37-30-13-7-5-11-28(25)30/h5-8,11-14,16-19,21-22,32,37-38H,9-10,15,20,23H2,1-4H3,(H,39,43)/t32-/m1/s1. The minimum atomic E-state index is -0.639. The number of fused-ring (bicyclic) bond motifs is 2. The lowest BCUT2D eigenvalue weighted by Crippen LogP contribution is -2.37. The fourth-order valence-electron chi connectivity index (χ4n) is 5.83. The van der Waals surface area contributed by atoms with E-state index in [9.17, 15) is 4.79 Å². The first kappa shape index (κ1) is 30.0. The van der Waals surface area contributed by atoms with Crippen molar-refractivity contribution in [2.75, 3.05) is 7.11 Å². The molecule has 1 atom stereocenters. The number of rotatable bonds is 11. The van der Waals surface area contributed by atoms with E-state index in [1.165, 1.54) is 10.9 Å². The third kappa shape index (κ3) is 7.03. The van der Waals surface area contributed by atoms with Crippen molar-refractivity contribution in [3.05, 3.63) is 114 Å². The highest BCUT2D eigenvalue weighted by molar-refractivity contribution is 5.83. The predicted molar refractivity (Wildman–Crippen MR) is 177 cm³/mol. The molecule has 1 amide bonds. The van der Waals surface area contributed by atoms with Gasteiger partial charge < -0.3 is 29.3 Å². The second kappa shape index (κ2) is 12.9. The Kier molecular flexibility index (Phi) is 8.60. The number of ether oxygens (including phenoxy) is 2.